The van der Waals surface area contributed by atoms with Gasteiger partial charge in [0.1, 0.15) is 0 Å². The third-order valence-electron chi connectivity index (χ3n) is 1.30. The molecule has 0 fully saturated rings. The smallest absolute Gasteiger partial charge is 0.0491 e. The van der Waals surface area contributed by atoms with Crippen LogP contribution in [0.5, 0.6) is 0 Å². The second kappa shape index (κ2) is 12.6. The Morgan fingerprint density at radius 3 is 1.82 bits per heavy atom. The van der Waals surface area contributed by atoms with Crippen LogP contribution in [0.3, 0.4) is 0 Å². The molecule has 11 heavy (non-hydrogen) atoms. The molecule has 0 rings (SSSR count). The van der Waals surface area contributed by atoms with Gasteiger partial charge in [-0.15, -0.1) is 0 Å². The van der Waals surface area contributed by atoms with Crippen molar-refractivity contribution in [3.8, 4) is 0 Å². The standard InChI is InChI=1S/C7H16O.C3H8/c1-4-7(3)6-8-5-2;1-3-2/h7H,4-6H2,1-3H3;3H2,1-2H3. The van der Waals surface area contributed by atoms with Gasteiger partial charge in [0.25, 0.3) is 0 Å². The molecule has 1 atom stereocenters. The predicted octanol–water partition coefficient (Wildman–Crippen LogP) is 3.49. The SMILES string of the molecule is CCC.CCOCC(C)CC. The van der Waals surface area contributed by atoms with Crippen molar-refractivity contribution in [2.75, 3.05) is 13.2 Å². The molecule has 0 radical (unpaired) electrons. The van der Waals surface area contributed by atoms with E-state index in [-0.39, 0.29) is 0 Å². The monoisotopic (exact) mass is 160 g/mol. The first-order valence-electron chi connectivity index (χ1n) is 4.80. The fourth-order valence-electron chi connectivity index (χ4n) is 0.437. The number of hydrogen-bond acceptors (Lipinski definition) is 1. The molecule has 0 heterocycles. The summed E-state index contributed by atoms with van der Waals surface area (Å²) in [6.07, 6.45) is 2.47. The van der Waals surface area contributed by atoms with E-state index in [0.29, 0.717) is 0 Å². The molecule has 0 aromatic carbocycles. The summed E-state index contributed by atoms with van der Waals surface area (Å²) >= 11 is 0. The highest BCUT2D eigenvalue weighted by atomic mass is 16.5. The summed E-state index contributed by atoms with van der Waals surface area (Å²) in [5.74, 6) is 0.731. The second-order valence-electron chi connectivity index (χ2n) is 2.88. The van der Waals surface area contributed by atoms with Gasteiger partial charge in [-0.1, -0.05) is 40.5 Å². The Balaban J connectivity index is 0. The van der Waals surface area contributed by atoms with Crippen LogP contribution in [-0.4, -0.2) is 13.2 Å². The zero-order valence-corrected chi connectivity index (χ0v) is 8.81. The van der Waals surface area contributed by atoms with Crippen molar-refractivity contribution in [2.45, 2.75) is 47.5 Å². The number of ether oxygens (including phenoxy) is 1. The molecule has 1 heteroatoms. The lowest BCUT2D eigenvalue weighted by molar-refractivity contribution is 0.115. The summed E-state index contributed by atoms with van der Waals surface area (Å²) in [6.45, 7) is 12.4. The van der Waals surface area contributed by atoms with Crippen LogP contribution in [0.1, 0.15) is 47.5 Å². The van der Waals surface area contributed by atoms with Crippen molar-refractivity contribution in [1.82, 2.24) is 0 Å². The first kappa shape index (κ1) is 13.5. The molecule has 0 N–H and O–H groups in total. The molecule has 0 aliphatic carbocycles. The van der Waals surface area contributed by atoms with E-state index in [2.05, 4.69) is 27.7 Å². The Labute approximate surface area is 72.1 Å². The normalized spacial score (nSPS) is 11.7. The first-order chi connectivity index (χ1) is 5.22. The summed E-state index contributed by atoms with van der Waals surface area (Å²) in [5.41, 5.74) is 0. The molecule has 0 aliphatic heterocycles. The molecule has 1 nitrogen and oxygen atoms in total. The third-order valence-corrected chi connectivity index (χ3v) is 1.30. The lowest BCUT2D eigenvalue weighted by atomic mass is 10.1. The van der Waals surface area contributed by atoms with E-state index in [9.17, 15) is 0 Å². The van der Waals surface area contributed by atoms with Crippen molar-refractivity contribution in [1.29, 1.82) is 0 Å². The maximum absolute atomic E-state index is 5.19. The van der Waals surface area contributed by atoms with E-state index in [1.165, 1.54) is 12.8 Å². The molecule has 0 aromatic rings. The van der Waals surface area contributed by atoms with Gasteiger partial charge in [0, 0.05) is 13.2 Å². The van der Waals surface area contributed by atoms with E-state index >= 15 is 0 Å². The summed E-state index contributed by atoms with van der Waals surface area (Å²) in [5, 5.41) is 0. The fraction of sp³-hybridized carbons (Fsp3) is 1.00. The Morgan fingerprint density at radius 1 is 1.09 bits per heavy atom. The largest absolute Gasteiger partial charge is 0.381 e. The predicted molar refractivity (Wildman–Crippen MR) is 51.9 cm³/mol. The van der Waals surface area contributed by atoms with Crippen molar-refractivity contribution in [2.24, 2.45) is 5.92 Å². The Hall–Kier alpha value is -0.0400. The van der Waals surface area contributed by atoms with Gasteiger partial charge in [-0.2, -0.15) is 0 Å². The highest BCUT2D eigenvalue weighted by Crippen LogP contribution is 1.99. The topological polar surface area (TPSA) is 9.23 Å². The lowest BCUT2D eigenvalue weighted by Crippen LogP contribution is -2.03. The van der Waals surface area contributed by atoms with E-state index in [1.807, 2.05) is 6.92 Å². The highest BCUT2D eigenvalue weighted by Gasteiger charge is 1.94. The maximum atomic E-state index is 5.19. The van der Waals surface area contributed by atoms with Gasteiger partial charge in [0.05, 0.1) is 0 Å². The van der Waals surface area contributed by atoms with Crippen molar-refractivity contribution in [3.63, 3.8) is 0 Å². The molecule has 0 spiro atoms. The van der Waals surface area contributed by atoms with Crippen LogP contribution < -0.4 is 0 Å². The minimum atomic E-state index is 0.731. The summed E-state index contributed by atoms with van der Waals surface area (Å²) in [7, 11) is 0. The van der Waals surface area contributed by atoms with Gasteiger partial charge in [-0.25, -0.2) is 0 Å². The summed E-state index contributed by atoms with van der Waals surface area (Å²) < 4.78 is 5.19. The van der Waals surface area contributed by atoms with Crippen LogP contribution in [0.15, 0.2) is 0 Å². The molecule has 0 aromatic heterocycles. The second-order valence-corrected chi connectivity index (χ2v) is 2.88. The van der Waals surface area contributed by atoms with Crippen LogP contribution in [-0.2, 0) is 4.74 Å². The quantitative estimate of drug-likeness (QED) is 0.611. The Kier molecular flexibility index (Phi) is 15.5. The molecule has 0 amide bonds. The van der Waals surface area contributed by atoms with Gasteiger partial charge in [0.2, 0.25) is 0 Å². The van der Waals surface area contributed by atoms with Crippen molar-refractivity contribution < 1.29 is 4.74 Å². The maximum Gasteiger partial charge on any atom is 0.0491 e. The summed E-state index contributed by atoms with van der Waals surface area (Å²) in [6, 6.07) is 0. The van der Waals surface area contributed by atoms with Crippen LogP contribution in [0.2, 0.25) is 0 Å². The average molecular weight is 160 g/mol. The van der Waals surface area contributed by atoms with Crippen molar-refractivity contribution >= 4 is 0 Å². The number of hydrogen-bond donors (Lipinski definition) is 0. The molecule has 0 saturated heterocycles. The van der Waals surface area contributed by atoms with E-state index in [4.69, 9.17) is 4.74 Å². The van der Waals surface area contributed by atoms with Gasteiger partial charge in [-0.3, -0.25) is 0 Å². The fourth-order valence-corrected chi connectivity index (χ4v) is 0.437. The third kappa shape index (κ3) is 17.8. The molecular formula is C10H24O. The molecule has 70 valence electrons. The average Bonchev–Trinajstić information content (AvgIpc) is 2.02. The molecule has 0 saturated carbocycles. The molecular weight excluding hydrogens is 136 g/mol. The minimum Gasteiger partial charge on any atom is -0.381 e. The molecule has 0 aliphatic rings. The van der Waals surface area contributed by atoms with Gasteiger partial charge in [-0.05, 0) is 12.8 Å². The van der Waals surface area contributed by atoms with E-state index in [0.717, 1.165) is 19.1 Å². The van der Waals surface area contributed by atoms with Crippen LogP contribution in [0, 0.1) is 5.92 Å². The lowest BCUT2D eigenvalue weighted by Gasteiger charge is -2.05. The van der Waals surface area contributed by atoms with Crippen LogP contribution in [0.25, 0.3) is 0 Å². The zero-order valence-electron chi connectivity index (χ0n) is 8.81. The first-order valence-corrected chi connectivity index (χ1v) is 4.80. The van der Waals surface area contributed by atoms with E-state index in [1.54, 1.807) is 0 Å². The van der Waals surface area contributed by atoms with Gasteiger partial charge in [0.15, 0.2) is 0 Å². The molecule has 0 bridgehead atoms. The van der Waals surface area contributed by atoms with Crippen LogP contribution >= 0.6 is 0 Å². The van der Waals surface area contributed by atoms with Crippen LogP contribution in [0.4, 0.5) is 0 Å². The van der Waals surface area contributed by atoms with Gasteiger partial charge < -0.3 is 4.74 Å². The number of rotatable bonds is 4. The Morgan fingerprint density at radius 2 is 1.55 bits per heavy atom. The highest BCUT2D eigenvalue weighted by molar-refractivity contribution is 4.44. The minimum absolute atomic E-state index is 0.731. The summed E-state index contributed by atoms with van der Waals surface area (Å²) in [4.78, 5) is 0. The van der Waals surface area contributed by atoms with Crippen molar-refractivity contribution in [3.05, 3.63) is 0 Å². The molecule has 1 unspecified atom stereocenters. The Bertz CT molecular complexity index is 52.8. The zero-order chi connectivity index (χ0) is 9.11. The van der Waals surface area contributed by atoms with Gasteiger partial charge >= 0.3 is 0 Å². The van der Waals surface area contributed by atoms with E-state index < -0.39 is 0 Å².